The zero-order valence-corrected chi connectivity index (χ0v) is 16.5. The zero-order chi connectivity index (χ0) is 20.7. The fourth-order valence-corrected chi connectivity index (χ4v) is 1.75. The number of hydrogen-bond donors (Lipinski definition) is 3. The topological polar surface area (TPSA) is 131 Å². The second-order valence-corrected chi connectivity index (χ2v) is 7.89. The Kier molecular flexibility index (Phi) is 8.56. The lowest BCUT2D eigenvalue weighted by atomic mass is 10.1. The number of aliphatic carboxylic acids is 1. The first-order valence-electron chi connectivity index (χ1n) is 8.35. The molecule has 0 aromatic heterocycles. The van der Waals surface area contributed by atoms with Crippen LogP contribution < -0.4 is 10.6 Å². The second kappa shape index (κ2) is 9.40. The Bertz CT molecular complexity index is 532. The number of amides is 2. The fourth-order valence-electron chi connectivity index (χ4n) is 1.75. The third-order valence-corrected chi connectivity index (χ3v) is 2.77. The van der Waals surface area contributed by atoms with Crippen molar-refractivity contribution >= 4 is 23.9 Å². The summed E-state index contributed by atoms with van der Waals surface area (Å²) in [6.45, 7) is 11.5. The maximum atomic E-state index is 12.4. The maximum Gasteiger partial charge on any atom is 0.408 e. The molecule has 3 N–H and O–H groups in total. The summed E-state index contributed by atoms with van der Waals surface area (Å²) in [5.41, 5.74) is -1.49. The minimum Gasteiger partial charge on any atom is -0.481 e. The van der Waals surface area contributed by atoms with Gasteiger partial charge in [0, 0.05) is 6.42 Å². The minimum atomic E-state index is -1.16. The Morgan fingerprint density at radius 3 is 1.85 bits per heavy atom. The van der Waals surface area contributed by atoms with Crippen molar-refractivity contribution < 1.29 is 33.8 Å². The molecule has 0 bridgehead atoms. The molecule has 0 aromatic rings. The van der Waals surface area contributed by atoms with Crippen molar-refractivity contribution in [2.45, 2.75) is 84.6 Å². The molecule has 2 unspecified atom stereocenters. The summed E-state index contributed by atoms with van der Waals surface area (Å²) in [6.07, 6.45) is -1.34. The normalized spacial score (nSPS) is 14.0. The van der Waals surface area contributed by atoms with E-state index in [0.717, 1.165) is 0 Å². The lowest BCUT2D eigenvalue weighted by molar-refractivity contribution is -0.158. The Hall–Kier alpha value is -2.32. The van der Waals surface area contributed by atoms with Crippen LogP contribution in [-0.4, -0.2) is 52.3 Å². The number of carboxylic acids is 1. The van der Waals surface area contributed by atoms with Crippen LogP contribution in [0.4, 0.5) is 4.79 Å². The lowest BCUT2D eigenvalue weighted by Crippen LogP contribution is -2.52. The summed E-state index contributed by atoms with van der Waals surface area (Å²) >= 11 is 0. The van der Waals surface area contributed by atoms with Crippen LogP contribution in [0.3, 0.4) is 0 Å². The lowest BCUT2D eigenvalue weighted by Gasteiger charge is -2.25. The van der Waals surface area contributed by atoms with Gasteiger partial charge in [0.15, 0.2) is 0 Å². The van der Waals surface area contributed by atoms with Crippen LogP contribution in [0, 0.1) is 0 Å². The monoisotopic (exact) mass is 374 g/mol. The van der Waals surface area contributed by atoms with Gasteiger partial charge in [0.2, 0.25) is 5.91 Å². The van der Waals surface area contributed by atoms with E-state index in [4.69, 9.17) is 14.6 Å². The van der Waals surface area contributed by atoms with Gasteiger partial charge in [-0.05, 0) is 54.9 Å². The molecule has 26 heavy (non-hydrogen) atoms. The van der Waals surface area contributed by atoms with Crippen molar-refractivity contribution in [1.82, 2.24) is 10.6 Å². The Labute approximate surface area is 153 Å². The van der Waals surface area contributed by atoms with E-state index in [1.807, 2.05) is 0 Å². The number of carbonyl (C=O) groups excluding carboxylic acids is 3. The van der Waals surface area contributed by atoms with E-state index in [2.05, 4.69) is 10.6 Å². The highest BCUT2D eigenvalue weighted by Crippen LogP contribution is 2.10. The number of hydrogen-bond acceptors (Lipinski definition) is 6. The molecule has 0 rings (SSSR count). The van der Waals surface area contributed by atoms with Crippen molar-refractivity contribution in [3.05, 3.63) is 0 Å². The first kappa shape index (κ1) is 23.7. The molecule has 0 radical (unpaired) electrons. The van der Waals surface area contributed by atoms with E-state index in [-0.39, 0.29) is 12.8 Å². The van der Waals surface area contributed by atoms with E-state index in [0.29, 0.717) is 0 Å². The van der Waals surface area contributed by atoms with E-state index in [1.54, 1.807) is 41.5 Å². The first-order valence-corrected chi connectivity index (χ1v) is 8.35. The van der Waals surface area contributed by atoms with Gasteiger partial charge in [-0.3, -0.25) is 9.59 Å². The Morgan fingerprint density at radius 1 is 0.923 bits per heavy atom. The number of nitrogens with one attached hydrogen (secondary N) is 2. The van der Waals surface area contributed by atoms with E-state index >= 15 is 0 Å². The van der Waals surface area contributed by atoms with Crippen LogP contribution in [0.25, 0.3) is 0 Å². The number of carbonyl (C=O) groups is 4. The average molecular weight is 374 g/mol. The summed E-state index contributed by atoms with van der Waals surface area (Å²) in [7, 11) is 0. The second-order valence-electron chi connectivity index (χ2n) is 7.89. The van der Waals surface area contributed by atoms with Crippen LogP contribution in [0.1, 0.15) is 61.3 Å². The maximum absolute atomic E-state index is 12.4. The van der Waals surface area contributed by atoms with Crippen LogP contribution in [0.15, 0.2) is 0 Å². The van der Waals surface area contributed by atoms with Gasteiger partial charge in [-0.1, -0.05) is 0 Å². The summed E-state index contributed by atoms with van der Waals surface area (Å²) in [5, 5.41) is 13.6. The number of alkyl carbamates (subject to hydrolysis) is 1. The molecule has 9 heteroatoms. The Balaban J connectivity index is 4.95. The van der Waals surface area contributed by atoms with Gasteiger partial charge >= 0.3 is 18.0 Å². The van der Waals surface area contributed by atoms with Crippen molar-refractivity contribution in [1.29, 1.82) is 0 Å². The van der Waals surface area contributed by atoms with E-state index < -0.39 is 47.2 Å². The molecule has 9 nitrogen and oxygen atoms in total. The third kappa shape index (κ3) is 11.3. The molecule has 2 atom stereocenters. The highest BCUT2D eigenvalue weighted by molar-refractivity contribution is 5.89. The summed E-state index contributed by atoms with van der Waals surface area (Å²) in [4.78, 5) is 47.0. The molecule has 0 heterocycles. The van der Waals surface area contributed by atoms with Crippen molar-refractivity contribution in [2.24, 2.45) is 0 Å². The molecule has 0 fully saturated rings. The summed E-state index contributed by atoms with van der Waals surface area (Å²) in [5.74, 6) is -2.45. The van der Waals surface area contributed by atoms with E-state index in [1.165, 1.54) is 6.92 Å². The predicted octanol–water partition coefficient (Wildman–Crippen LogP) is 1.59. The molecule has 0 spiro atoms. The molecule has 0 aliphatic rings. The van der Waals surface area contributed by atoms with Gasteiger partial charge in [0.25, 0.3) is 0 Å². The number of esters is 1. The zero-order valence-electron chi connectivity index (χ0n) is 16.5. The van der Waals surface area contributed by atoms with Crippen molar-refractivity contribution in [3.8, 4) is 0 Å². The highest BCUT2D eigenvalue weighted by atomic mass is 16.6. The highest BCUT2D eigenvalue weighted by Gasteiger charge is 2.29. The largest absolute Gasteiger partial charge is 0.481 e. The Morgan fingerprint density at radius 2 is 1.42 bits per heavy atom. The number of rotatable bonds is 7. The van der Waals surface area contributed by atoms with Gasteiger partial charge in [0.1, 0.15) is 23.3 Å². The molecule has 0 aliphatic heterocycles. The van der Waals surface area contributed by atoms with Crippen LogP contribution in [0.5, 0.6) is 0 Å². The fraction of sp³-hybridized carbons (Fsp3) is 0.765. The van der Waals surface area contributed by atoms with Crippen molar-refractivity contribution in [2.75, 3.05) is 0 Å². The van der Waals surface area contributed by atoms with Crippen LogP contribution >= 0.6 is 0 Å². The molecular formula is C17H30N2O7. The SMILES string of the molecule is CC(NC(=O)C(CCC(=O)O)NC(=O)OC(C)(C)C)C(=O)OC(C)(C)C. The van der Waals surface area contributed by atoms with Crippen LogP contribution in [-0.2, 0) is 23.9 Å². The minimum absolute atomic E-state index is 0.151. The molecule has 0 saturated heterocycles. The first-order chi connectivity index (χ1) is 11.6. The molecule has 2 amide bonds. The number of carboxylic acid groups (broad SMARTS) is 1. The van der Waals surface area contributed by atoms with Gasteiger partial charge in [0.05, 0.1) is 0 Å². The van der Waals surface area contributed by atoms with Crippen molar-refractivity contribution in [3.63, 3.8) is 0 Å². The molecule has 0 aliphatic carbocycles. The molecule has 0 saturated carbocycles. The standard InChI is InChI=1S/C17H30N2O7/c1-10(14(23)25-16(2,3)4)18-13(22)11(8-9-12(20)21)19-15(24)26-17(5,6)7/h10-11H,8-9H2,1-7H3,(H,18,22)(H,19,24)(H,20,21). The number of ether oxygens (including phenoxy) is 2. The quantitative estimate of drug-likeness (QED) is 0.577. The molecular weight excluding hydrogens is 344 g/mol. The van der Waals surface area contributed by atoms with Gasteiger partial charge < -0.3 is 25.2 Å². The van der Waals surface area contributed by atoms with Gasteiger partial charge in [-0.2, -0.15) is 0 Å². The summed E-state index contributed by atoms with van der Waals surface area (Å²) < 4.78 is 10.2. The molecule has 0 aromatic carbocycles. The summed E-state index contributed by atoms with van der Waals surface area (Å²) in [6, 6.07) is -2.12. The smallest absolute Gasteiger partial charge is 0.408 e. The van der Waals surface area contributed by atoms with Gasteiger partial charge in [-0.25, -0.2) is 9.59 Å². The third-order valence-electron chi connectivity index (χ3n) is 2.77. The van der Waals surface area contributed by atoms with E-state index in [9.17, 15) is 19.2 Å². The predicted molar refractivity (Wildman–Crippen MR) is 93.5 cm³/mol. The molecule has 150 valence electrons. The van der Waals surface area contributed by atoms with Gasteiger partial charge in [-0.15, -0.1) is 0 Å². The van der Waals surface area contributed by atoms with Crippen LogP contribution in [0.2, 0.25) is 0 Å². The average Bonchev–Trinajstić information content (AvgIpc) is 2.38.